The van der Waals surface area contributed by atoms with Gasteiger partial charge in [0.05, 0.1) is 0 Å². The summed E-state index contributed by atoms with van der Waals surface area (Å²) >= 11 is 0. The van der Waals surface area contributed by atoms with Crippen molar-refractivity contribution in [2.45, 2.75) is 20.8 Å². The molecule has 2 nitrogen and oxygen atoms in total. The van der Waals surface area contributed by atoms with Gasteiger partial charge in [0.2, 0.25) is 0 Å². The number of aliphatic hydroxyl groups is 1. The van der Waals surface area contributed by atoms with E-state index >= 15 is 0 Å². The second-order valence-electron chi connectivity index (χ2n) is 5.93. The van der Waals surface area contributed by atoms with E-state index in [2.05, 4.69) is 25.7 Å². The van der Waals surface area contributed by atoms with Crippen molar-refractivity contribution >= 4 is 0 Å². The summed E-state index contributed by atoms with van der Waals surface area (Å²) in [5, 5.41) is 9.01. The Kier molecular flexibility index (Phi) is 2.16. The lowest BCUT2D eigenvalue weighted by Crippen LogP contribution is -2.33. The molecule has 2 aliphatic rings. The summed E-state index contributed by atoms with van der Waals surface area (Å²) in [6.45, 7) is 11.0. The first-order valence-corrected chi connectivity index (χ1v) is 5.34. The Hall–Kier alpha value is -0.0800. The zero-order valence-corrected chi connectivity index (χ0v) is 8.95. The molecular formula is C11H21NO. The molecule has 0 bridgehead atoms. The van der Waals surface area contributed by atoms with Gasteiger partial charge in [-0.1, -0.05) is 20.8 Å². The third-order valence-electron chi connectivity index (χ3n) is 3.36. The fraction of sp³-hybridized carbons (Fsp3) is 1.00. The number of piperidine rings is 1. The smallest absolute Gasteiger partial charge is 0.0465 e. The number of hydrogen-bond acceptors (Lipinski definition) is 2. The summed E-state index contributed by atoms with van der Waals surface area (Å²) in [6, 6.07) is 0. The van der Waals surface area contributed by atoms with Crippen molar-refractivity contribution in [2.24, 2.45) is 23.2 Å². The molecule has 76 valence electrons. The molecule has 2 unspecified atom stereocenters. The summed E-state index contributed by atoms with van der Waals surface area (Å²) in [5.74, 6) is 2.30. The van der Waals surface area contributed by atoms with E-state index in [-0.39, 0.29) is 0 Å². The van der Waals surface area contributed by atoms with E-state index in [9.17, 15) is 0 Å². The molecular weight excluding hydrogens is 162 g/mol. The molecule has 0 amide bonds. The Bertz CT molecular complexity index is 185. The minimum Gasteiger partial charge on any atom is -0.396 e. The van der Waals surface area contributed by atoms with Gasteiger partial charge < -0.3 is 10.0 Å². The summed E-state index contributed by atoms with van der Waals surface area (Å²) in [5.41, 5.74) is 0.422. The Labute approximate surface area is 80.9 Å². The molecule has 2 atom stereocenters. The summed E-state index contributed by atoms with van der Waals surface area (Å²) < 4.78 is 0. The van der Waals surface area contributed by atoms with Crippen LogP contribution >= 0.6 is 0 Å². The van der Waals surface area contributed by atoms with Crippen molar-refractivity contribution in [2.75, 3.05) is 26.2 Å². The molecule has 2 rings (SSSR count). The normalized spacial score (nSPS) is 39.2. The average molecular weight is 183 g/mol. The monoisotopic (exact) mass is 183 g/mol. The molecule has 1 N–H and O–H groups in total. The lowest BCUT2D eigenvalue weighted by atomic mass is 9.96. The highest BCUT2D eigenvalue weighted by Gasteiger charge is 2.55. The van der Waals surface area contributed by atoms with Crippen LogP contribution in [0.4, 0.5) is 0 Å². The molecule has 0 radical (unpaired) electrons. The Balaban J connectivity index is 1.78. The quantitative estimate of drug-likeness (QED) is 0.695. The zero-order chi connectivity index (χ0) is 9.64. The van der Waals surface area contributed by atoms with E-state index in [0.717, 1.165) is 11.8 Å². The highest BCUT2D eigenvalue weighted by molar-refractivity contribution is 5.04. The van der Waals surface area contributed by atoms with E-state index in [1.54, 1.807) is 0 Å². The zero-order valence-electron chi connectivity index (χ0n) is 8.95. The van der Waals surface area contributed by atoms with Crippen molar-refractivity contribution in [1.82, 2.24) is 4.90 Å². The lowest BCUT2D eigenvalue weighted by molar-refractivity contribution is 0.180. The van der Waals surface area contributed by atoms with E-state index in [1.807, 2.05) is 0 Å². The third-order valence-corrected chi connectivity index (χ3v) is 3.36. The minimum atomic E-state index is 0.415. The maximum Gasteiger partial charge on any atom is 0.0465 e. The number of nitrogens with zero attached hydrogens (tertiary/aromatic N) is 1. The Morgan fingerprint density at radius 1 is 1.23 bits per heavy atom. The van der Waals surface area contributed by atoms with E-state index in [1.165, 1.54) is 19.6 Å². The molecule has 13 heavy (non-hydrogen) atoms. The first-order chi connectivity index (χ1) is 6.01. The number of likely N-dealkylation sites (tertiary alicyclic amines) is 1. The van der Waals surface area contributed by atoms with Crippen LogP contribution < -0.4 is 0 Å². The largest absolute Gasteiger partial charge is 0.396 e. The van der Waals surface area contributed by atoms with Crippen molar-refractivity contribution in [1.29, 1.82) is 0 Å². The molecule has 2 fully saturated rings. The highest BCUT2D eigenvalue weighted by Crippen LogP contribution is 2.51. The average Bonchev–Trinajstić information content (AvgIpc) is 2.44. The summed E-state index contributed by atoms with van der Waals surface area (Å²) in [7, 11) is 0. The second kappa shape index (κ2) is 2.96. The molecule has 0 aromatic carbocycles. The summed E-state index contributed by atoms with van der Waals surface area (Å²) in [6.07, 6.45) is 0. The molecule has 1 aliphatic carbocycles. The molecule has 0 aromatic rings. The third kappa shape index (κ3) is 1.89. The van der Waals surface area contributed by atoms with Crippen LogP contribution in [0.1, 0.15) is 20.8 Å². The fourth-order valence-corrected chi connectivity index (χ4v) is 2.81. The van der Waals surface area contributed by atoms with E-state index < -0.39 is 0 Å². The second-order valence-corrected chi connectivity index (χ2v) is 5.93. The van der Waals surface area contributed by atoms with E-state index in [4.69, 9.17) is 5.11 Å². The predicted molar refractivity (Wildman–Crippen MR) is 53.5 cm³/mol. The van der Waals surface area contributed by atoms with Gasteiger partial charge in [0.1, 0.15) is 0 Å². The van der Waals surface area contributed by atoms with Crippen molar-refractivity contribution in [3.05, 3.63) is 0 Å². The number of fused-ring (bicyclic) bond motifs is 1. The highest BCUT2D eigenvalue weighted by atomic mass is 16.3. The fourth-order valence-electron chi connectivity index (χ4n) is 2.81. The van der Waals surface area contributed by atoms with Crippen LogP contribution in [0.15, 0.2) is 0 Å². The molecule has 1 saturated carbocycles. The molecule has 1 heterocycles. The van der Waals surface area contributed by atoms with Gasteiger partial charge >= 0.3 is 0 Å². The van der Waals surface area contributed by atoms with Crippen LogP contribution in [0, 0.1) is 23.2 Å². The van der Waals surface area contributed by atoms with Gasteiger partial charge in [0.25, 0.3) is 0 Å². The van der Waals surface area contributed by atoms with Crippen molar-refractivity contribution in [3.8, 4) is 0 Å². The molecule has 0 spiro atoms. The molecule has 1 aliphatic heterocycles. The van der Waals surface area contributed by atoms with Crippen LogP contribution in [-0.4, -0.2) is 36.2 Å². The standard InChI is InChI=1S/C11H21NO/c1-11(2,3)7-12-4-8-9(5-12)10(8)6-13/h8-10,13H,4-7H2,1-3H3. The predicted octanol–water partition coefficient (Wildman–Crippen LogP) is 1.20. The van der Waals surface area contributed by atoms with Crippen LogP contribution in [0.25, 0.3) is 0 Å². The van der Waals surface area contributed by atoms with Gasteiger partial charge in [0.15, 0.2) is 0 Å². The van der Waals surface area contributed by atoms with Gasteiger partial charge in [-0.05, 0) is 23.2 Å². The maximum atomic E-state index is 9.01. The first-order valence-electron chi connectivity index (χ1n) is 5.34. The Morgan fingerprint density at radius 3 is 2.15 bits per heavy atom. The van der Waals surface area contributed by atoms with Gasteiger partial charge in [-0.3, -0.25) is 0 Å². The van der Waals surface area contributed by atoms with Crippen LogP contribution in [0.3, 0.4) is 0 Å². The van der Waals surface area contributed by atoms with Gasteiger partial charge in [0, 0.05) is 26.2 Å². The van der Waals surface area contributed by atoms with Crippen molar-refractivity contribution in [3.63, 3.8) is 0 Å². The molecule has 1 saturated heterocycles. The Morgan fingerprint density at radius 2 is 1.77 bits per heavy atom. The van der Waals surface area contributed by atoms with Gasteiger partial charge in [-0.2, -0.15) is 0 Å². The summed E-state index contributed by atoms with van der Waals surface area (Å²) in [4.78, 5) is 2.56. The van der Waals surface area contributed by atoms with Crippen LogP contribution in [-0.2, 0) is 0 Å². The molecule has 2 heteroatoms. The minimum absolute atomic E-state index is 0.415. The van der Waals surface area contributed by atoms with Gasteiger partial charge in [-0.25, -0.2) is 0 Å². The van der Waals surface area contributed by atoms with Gasteiger partial charge in [-0.15, -0.1) is 0 Å². The lowest BCUT2D eigenvalue weighted by Gasteiger charge is -2.27. The number of hydrogen-bond donors (Lipinski definition) is 1. The maximum absolute atomic E-state index is 9.01. The number of rotatable bonds is 2. The SMILES string of the molecule is CC(C)(C)CN1CC2C(CO)C2C1. The molecule has 0 aromatic heterocycles. The van der Waals surface area contributed by atoms with Crippen LogP contribution in [0.5, 0.6) is 0 Å². The van der Waals surface area contributed by atoms with E-state index in [0.29, 0.717) is 17.9 Å². The topological polar surface area (TPSA) is 23.5 Å². The number of aliphatic hydroxyl groups excluding tert-OH is 1. The van der Waals surface area contributed by atoms with Crippen molar-refractivity contribution < 1.29 is 5.11 Å². The first kappa shape index (κ1) is 9.47. The van der Waals surface area contributed by atoms with Crippen LogP contribution in [0.2, 0.25) is 0 Å².